The minimum Gasteiger partial charge on any atom is -0.461 e. The number of furan rings is 1. The first-order valence-corrected chi connectivity index (χ1v) is 9.76. The van der Waals surface area contributed by atoms with E-state index in [0.717, 1.165) is 48.3 Å². The van der Waals surface area contributed by atoms with Crippen molar-refractivity contribution in [2.75, 3.05) is 26.2 Å². The number of rotatable bonds is 6. The van der Waals surface area contributed by atoms with Gasteiger partial charge in [0.05, 0.1) is 12.0 Å². The predicted octanol–water partition coefficient (Wildman–Crippen LogP) is 4.14. The van der Waals surface area contributed by atoms with Gasteiger partial charge < -0.3 is 9.32 Å². The fourth-order valence-electron chi connectivity index (χ4n) is 4.01. The molecule has 0 aliphatic carbocycles. The Morgan fingerprint density at radius 2 is 1.96 bits per heavy atom. The molecule has 3 rings (SSSR count). The minimum atomic E-state index is -0.464. The topological polar surface area (TPSA) is 61.0 Å². The van der Waals surface area contributed by atoms with Crippen molar-refractivity contribution in [1.82, 2.24) is 10.4 Å². The first-order valence-electron chi connectivity index (χ1n) is 9.76. The first kappa shape index (κ1) is 18.9. The second-order valence-corrected chi connectivity index (χ2v) is 7.62. The standard InChI is InChI=1S/C21H31N3O2/c1-4-17-19(16-10-6-7-11-18(16)26-17)21(2,3)20(23-25)22-12-15-24-13-8-5-9-14-24/h6-7,10-11,25H,4-5,8-9,12-15H2,1-3H3,(H,22,23). The summed E-state index contributed by atoms with van der Waals surface area (Å²) in [6.45, 7) is 10.2. The number of aryl methyl sites for hydroxylation is 1. The second kappa shape index (κ2) is 8.23. The molecule has 26 heavy (non-hydrogen) atoms. The molecule has 1 aliphatic heterocycles. The maximum absolute atomic E-state index is 9.81. The first-order chi connectivity index (χ1) is 12.6. The zero-order valence-electron chi connectivity index (χ0n) is 16.2. The van der Waals surface area contributed by atoms with Crippen LogP contribution in [0.25, 0.3) is 11.0 Å². The van der Waals surface area contributed by atoms with Crippen LogP contribution in [0.4, 0.5) is 0 Å². The number of likely N-dealkylation sites (tertiary alicyclic amines) is 1. The average molecular weight is 357 g/mol. The molecule has 0 atom stereocenters. The zero-order valence-corrected chi connectivity index (χ0v) is 16.2. The summed E-state index contributed by atoms with van der Waals surface area (Å²) in [4.78, 5) is 7.18. The SMILES string of the molecule is CCc1oc2ccccc2c1C(C)(C)C(=NCCN1CCCCC1)NO. The molecular weight excluding hydrogens is 326 g/mol. The molecule has 1 aliphatic rings. The zero-order chi connectivity index (χ0) is 18.6. The van der Waals surface area contributed by atoms with E-state index in [2.05, 4.69) is 37.2 Å². The van der Waals surface area contributed by atoms with Crippen LogP contribution in [-0.4, -0.2) is 42.1 Å². The molecule has 0 spiro atoms. The molecule has 0 radical (unpaired) electrons. The van der Waals surface area contributed by atoms with E-state index in [1.165, 1.54) is 19.3 Å². The van der Waals surface area contributed by atoms with Crippen molar-refractivity contribution in [2.24, 2.45) is 4.99 Å². The molecule has 0 bridgehead atoms. The van der Waals surface area contributed by atoms with Gasteiger partial charge in [-0.1, -0.05) is 31.5 Å². The molecule has 0 amide bonds. The number of aliphatic imine (C=N–C) groups is 1. The van der Waals surface area contributed by atoms with E-state index in [1.54, 1.807) is 0 Å². The number of piperidine rings is 1. The number of hydrogen-bond acceptors (Lipinski definition) is 4. The molecule has 5 nitrogen and oxygen atoms in total. The van der Waals surface area contributed by atoms with Gasteiger partial charge in [0, 0.05) is 23.9 Å². The molecule has 1 aromatic carbocycles. The highest BCUT2D eigenvalue weighted by molar-refractivity contribution is 5.97. The predicted molar refractivity (Wildman–Crippen MR) is 106 cm³/mol. The van der Waals surface area contributed by atoms with Gasteiger partial charge in [-0.3, -0.25) is 15.7 Å². The smallest absolute Gasteiger partial charge is 0.134 e. The number of nitrogens with zero attached hydrogens (tertiary/aromatic N) is 2. The summed E-state index contributed by atoms with van der Waals surface area (Å²) in [5.74, 6) is 1.55. The molecule has 2 heterocycles. The van der Waals surface area contributed by atoms with Crippen molar-refractivity contribution in [1.29, 1.82) is 0 Å². The van der Waals surface area contributed by atoms with E-state index < -0.39 is 5.41 Å². The van der Waals surface area contributed by atoms with Crippen LogP contribution in [0.3, 0.4) is 0 Å². The van der Waals surface area contributed by atoms with Gasteiger partial charge in [-0.2, -0.15) is 0 Å². The van der Waals surface area contributed by atoms with Gasteiger partial charge >= 0.3 is 0 Å². The number of hydroxylamine groups is 1. The van der Waals surface area contributed by atoms with Gasteiger partial charge in [0.15, 0.2) is 0 Å². The lowest BCUT2D eigenvalue weighted by molar-refractivity contribution is 0.222. The van der Waals surface area contributed by atoms with Crippen LogP contribution in [0.5, 0.6) is 0 Å². The van der Waals surface area contributed by atoms with Crippen LogP contribution < -0.4 is 5.48 Å². The van der Waals surface area contributed by atoms with Gasteiger partial charge in [-0.15, -0.1) is 0 Å². The Balaban J connectivity index is 1.85. The van der Waals surface area contributed by atoms with Gasteiger partial charge in [-0.25, -0.2) is 0 Å². The summed E-state index contributed by atoms with van der Waals surface area (Å²) in [7, 11) is 0. The number of fused-ring (bicyclic) bond motifs is 1. The highest BCUT2D eigenvalue weighted by Crippen LogP contribution is 2.36. The molecule has 5 heteroatoms. The molecule has 1 fully saturated rings. The summed E-state index contributed by atoms with van der Waals surface area (Å²) in [6, 6.07) is 8.09. The van der Waals surface area contributed by atoms with Gasteiger partial charge in [0.2, 0.25) is 0 Å². The highest BCUT2D eigenvalue weighted by Gasteiger charge is 2.33. The Hall–Kier alpha value is -1.85. The minimum absolute atomic E-state index is 0.464. The number of para-hydroxylation sites is 1. The van der Waals surface area contributed by atoms with Gasteiger partial charge in [0.25, 0.3) is 0 Å². The molecule has 142 valence electrons. The Morgan fingerprint density at radius 1 is 1.23 bits per heavy atom. The van der Waals surface area contributed by atoms with E-state index in [0.29, 0.717) is 12.4 Å². The van der Waals surface area contributed by atoms with Crippen molar-refractivity contribution < 1.29 is 9.62 Å². The number of hydrogen-bond donors (Lipinski definition) is 2. The Labute approximate surface area is 156 Å². The Bertz CT molecular complexity index is 758. The molecule has 1 aromatic heterocycles. The van der Waals surface area contributed by atoms with Crippen LogP contribution in [0.2, 0.25) is 0 Å². The lowest BCUT2D eigenvalue weighted by Crippen LogP contribution is -2.40. The number of amidine groups is 1. The van der Waals surface area contributed by atoms with E-state index in [9.17, 15) is 5.21 Å². The lowest BCUT2D eigenvalue weighted by atomic mass is 9.81. The summed E-state index contributed by atoms with van der Waals surface area (Å²) in [6.07, 6.45) is 4.70. The largest absolute Gasteiger partial charge is 0.461 e. The fourth-order valence-corrected chi connectivity index (χ4v) is 4.01. The summed E-state index contributed by atoms with van der Waals surface area (Å²) in [5.41, 5.74) is 3.90. The van der Waals surface area contributed by atoms with E-state index in [1.807, 2.05) is 18.2 Å². The van der Waals surface area contributed by atoms with E-state index in [-0.39, 0.29) is 0 Å². The Kier molecular flexibility index (Phi) is 5.99. The average Bonchev–Trinajstić information content (AvgIpc) is 3.05. The number of nitrogens with one attached hydrogen (secondary N) is 1. The third-order valence-electron chi connectivity index (χ3n) is 5.45. The van der Waals surface area contributed by atoms with Crippen LogP contribution >= 0.6 is 0 Å². The van der Waals surface area contributed by atoms with Crippen molar-refractivity contribution in [3.8, 4) is 0 Å². The van der Waals surface area contributed by atoms with E-state index in [4.69, 9.17) is 9.41 Å². The molecular formula is C21H31N3O2. The third kappa shape index (κ3) is 3.79. The van der Waals surface area contributed by atoms with Crippen LogP contribution in [0, 0.1) is 0 Å². The monoisotopic (exact) mass is 357 g/mol. The van der Waals surface area contributed by atoms with E-state index >= 15 is 0 Å². The Morgan fingerprint density at radius 3 is 2.65 bits per heavy atom. The second-order valence-electron chi connectivity index (χ2n) is 7.62. The van der Waals surface area contributed by atoms with Crippen LogP contribution in [0.15, 0.2) is 33.7 Å². The fraction of sp³-hybridized carbons (Fsp3) is 0.571. The maximum Gasteiger partial charge on any atom is 0.134 e. The van der Waals surface area contributed by atoms with Crippen molar-refractivity contribution >= 4 is 16.8 Å². The summed E-state index contributed by atoms with van der Waals surface area (Å²) < 4.78 is 6.06. The molecule has 0 unspecified atom stereocenters. The van der Waals surface area contributed by atoms with Crippen LogP contribution in [-0.2, 0) is 11.8 Å². The van der Waals surface area contributed by atoms with Gasteiger partial charge in [-0.05, 0) is 45.8 Å². The highest BCUT2D eigenvalue weighted by atomic mass is 16.5. The van der Waals surface area contributed by atoms with Crippen molar-refractivity contribution in [3.63, 3.8) is 0 Å². The quantitative estimate of drug-likeness (QED) is 0.463. The third-order valence-corrected chi connectivity index (χ3v) is 5.45. The van der Waals surface area contributed by atoms with Crippen molar-refractivity contribution in [3.05, 3.63) is 35.6 Å². The van der Waals surface area contributed by atoms with Crippen molar-refractivity contribution in [2.45, 2.75) is 51.9 Å². The molecule has 0 saturated carbocycles. The molecule has 1 saturated heterocycles. The summed E-state index contributed by atoms with van der Waals surface area (Å²) in [5, 5.41) is 10.9. The molecule has 2 aromatic rings. The van der Waals surface area contributed by atoms with Gasteiger partial charge in [0.1, 0.15) is 17.2 Å². The molecule has 2 N–H and O–H groups in total. The van der Waals surface area contributed by atoms with Crippen LogP contribution in [0.1, 0.15) is 51.4 Å². The maximum atomic E-state index is 9.81. The summed E-state index contributed by atoms with van der Waals surface area (Å²) >= 11 is 0. The lowest BCUT2D eigenvalue weighted by Gasteiger charge is -2.28. The normalized spacial score (nSPS) is 17.0. The number of benzene rings is 1.